The highest BCUT2D eigenvalue weighted by Crippen LogP contribution is 2.59. The van der Waals surface area contributed by atoms with Crippen LogP contribution in [0.2, 0.25) is 0 Å². The number of carbonyl (C=O) groups excluding carboxylic acids is 1. The third kappa shape index (κ3) is 1.92. The van der Waals surface area contributed by atoms with Crippen LogP contribution in [0.15, 0.2) is 24.3 Å². The molecule has 4 heterocycles. The van der Waals surface area contributed by atoms with E-state index < -0.39 is 5.41 Å². The number of aliphatic hydroxyl groups excluding tert-OH is 1. The molecule has 1 N–H and O–H groups in total. The number of hydrogen-bond acceptors (Lipinski definition) is 4. The minimum atomic E-state index is -0.435. The maximum Gasteiger partial charge on any atom is 0.239 e. The first-order valence-electron chi connectivity index (χ1n) is 9.43. The molecular weight excluding hydrogens is 316 g/mol. The summed E-state index contributed by atoms with van der Waals surface area (Å²) in [6, 6.07) is 8.85. The number of benzene rings is 1. The number of aliphatic hydroxyl groups is 1. The van der Waals surface area contributed by atoms with Crippen LogP contribution in [-0.4, -0.2) is 54.5 Å². The molecular formula is C20H26N2O3. The molecule has 3 unspecified atom stereocenters. The Bertz CT molecular complexity index is 721. The Labute approximate surface area is 148 Å². The standard InChI is InChI=1S/C20H26N2O3/c1-12(23)7-13-8-18-20(9-17-14(13)10-25-11-22(17)18)15-5-3-4-6-16(15)21(2)19(20)24/h3-6,12-14,17-18,23H,7-11H2,1-2H3/t12?,13-,14-,17+,18?,20-/m1/s1. The summed E-state index contributed by atoms with van der Waals surface area (Å²) in [5.41, 5.74) is 1.82. The fourth-order valence-electron chi connectivity index (χ4n) is 6.23. The molecule has 5 heteroatoms. The van der Waals surface area contributed by atoms with Crippen LogP contribution in [0.3, 0.4) is 0 Å². The number of amides is 1. The molecule has 4 aliphatic rings. The molecule has 0 saturated carbocycles. The molecule has 1 aromatic carbocycles. The predicted octanol–water partition coefficient (Wildman–Crippen LogP) is 1.74. The number of fused-ring (bicyclic) bond motifs is 3. The Hall–Kier alpha value is -1.43. The number of rotatable bonds is 2. The Morgan fingerprint density at radius 2 is 2.20 bits per heavy atom. The third-order valence-electron chi connectivity index (χ3n) is 7.18. The van der Waals surface area contributed by atoms with Crippen molar-refractivity contribution in [3.63, 3.8) is 0 Å². The highest BCUT2D eigenvalue weighted by Gasteiger charge is 2.67. The zero-order valence-electron chi connectivity index (χ0n) is 14.9. The summed E-state index contributed by atoms with van der Waals surface area (Å²) >= 11 is 0. The molecule has 4 aliphatic heterocycles. The van der Waals surface area contributed by atoms with E-state index in [1.54, 1.807) is 0 Å². The zero-order valence-corrected chi connectivity index (χ0v) is 14.9. The van der Waals surface area contributed by atoms with Crippen molar-refractivity contribution in [3.8, 4) is 0 Å². The van der Waals surface area contributed by atoms with Crippen molar-refractivity contribution < 1.29 is 14.6 Å². The van der Waals surface area contributed by atoms with Crippen molar-refractivity contribution >= 4 is 11.6 Å². The number of hydrogen-bond donors (Lipinski definition) is 1. The van der Waals surface area contributed by atoms with Gasteiger partial charge in [-0.25, -0.2) is 0 Å². The Morgan fingerprint density at radius 3 is 3.00 bits per heavy atom. The van der Waals surface area contributed by atoms with E-state index in [0.717, 1.165) is 31.6 Å². The van der Waals surface area contributed by atoms with Crippen molar-refractivity contribution in [3.05, 3.63) is 29.8 Å². The second-order valence-corrected chi connectivity index (χ2v) is 8.40. The number of para-hydroxylation sites is 1. The quantitative estimate of drug-likeness (QED) is 0.889. The molecule has 3 saturated heterocycles. The second kappa shape index (κ2) is 5.29. The summed E-state index contributed by atoms with van der Waals surface area (Å²) in [6.07, 6.45) is 2.37. The minimum Gasteiger partial charge on any atom is -0.393 e. The van der Waals surface area contributed by atoms with Gasteiger partial charge >= 0.3 is 0 Å². The molecule has 0 aliphatic carbocycles. The van der Waals surface area contributed by atoms with E-state index in [1.807, 2.05) is 24.9 Å². The van der Waals surface area contributed by atoms with Crippen molar-refractivity contribution in [2.75, 3.05) is 25.3 Å². The van der Waals surface area contributed by atoms with E-state index >= 15 is 0 Å². The highest BCUT2D eigenvalue weighted by molar-refractivity contribution is 6.08. The number of likely N-dealkylation sites (N-methyl/N-ethyl adjacent to an activating group) is 1. The molecule has 4 bridgehead atoms. The maximum atomic E-state index is 13.5. The maximum absolute atomic E-state index is 13.5. The summed E-state index contributed by atoms with van der Waals surface area (Å²) in [5.74, 6) is 1.09. The van der Waals surface area contributed by atoms with Gasteiger partial charge in [-0.3, -0.25) is 9.69 Å². The van der Waals surface area contributed by atoms with Gasteiger partial charge in [0.15, 0.2) is 0 Å². The fourth-order valence-corrected chi connectivity index (χ4v) is 6.23. The van der Waals surface area contributed by atoms with Gasteiger partial charge in [-0.2, -0.15) is 0 Å². The Kier molecular flexibility index (Phi) is 3.34. The van der Waals surface area contributed by atoms with Gasteiger partial charge in [0, 0.05) is 30.7 Å². The number of anilines is 1. The molecule has 25 heavy (non-hydrogen) atoms. The van der Waals surface area contributed by atoms with Gasteiger partial charge in [0.1, 0.15) is 0 Å². The van der Waals surface area contributed by atoms with Crippen LogP contribution in [0.4, 0.5) is 5.69 Å². The number of carbonyl (C=O) groups is 1. The van der Waals surface area contributed by atoms with Crippen molar-refractivity contribution in [2.24, 2.45) is 11.8 Å². The first-order valence-corrected chi connectivity index (χ1v) is 9.43. The van der Waals surface area contributed by atoms with Gasteiger partial charge in [0.05, 0.1) is 24.9 Å². The summed E-state index contributed by atoms with van der Waals surface area (Å²) in [5, 5.41) is 9.97. The lowest BCUT2D eigenvalue weighted by atomic mass is 9.72. The van der Waals surface area contributed by atoms with Gasteiger partial charge in [-0.05, 0) is 43.7 Å². The second-order valence-electron chi connectivity index (χ2n) is 8.40. The van der Waals surface area contributed by atoms with E-state index in [-0.39, 0.29) is 18.1 Å². The van der Waals surface area contributed by atoms with E-state index in [9.17, 15) is 9.90 Å². The zero-order chi connectivity index (χ0) is 17.3. The summed E-state index contributed by atoms with van der Waals surface area (Å²) in [4.78, 5) is 17.8. The SMILES string of the molecule is CC(O)C[C@@H]1CC2N3COC[C@H]1[C@@H]3C[C@]21C(=O)N(C)c2ccccc21. The van der Waals surface area contributed by atoms with Gasteiger partial charge < -0.3 is 14.7 Å². The van der Waals surface area contributed by atoms with E-state index in [2.05, 4.69) is 23.1 Å². The van der Waals surface area contributed by atoms with Crippen LogP contribution < -0.4 is 4.90 Å². The fraction of sp³-hybridized carbons (Fsp3) is 0.650. The van der Waals surface area contributed by atoms with Crippen LogP contribution in [0, 0.1) is 11.8 Å². The molecule has 1 amide bonds. The van der Waals surface area contributed by atoms with Crippen molar-refractivity contribution in [1.82, 2.24) is 4.90 Å². The van der Waals surface area contributed by atoms with Gasteiger partial charge in [-0.1, -0.05) is 18.2 Å². The van der Waals surface area contributed by atoms with E-state index in [4.69, 9.17) is 4.74 Å². The smallest absolute Gasteiger partial charge is 0.239 e. The van der Waals surface area contributed by atoms with E-state index in [1.165, 1.54) is 5.56 Å². The van der Waals surface area contributed by atoms with Crippen molar-refractivity contribution in [2.45, 2.75) is 49.8 Å². The molecule has 5 rings (SSSR count). The molecule has 3 fully saturated rings. The molecule has 7 atom stereocenters. The molecule has 5 nitrogen and oxygen atoms in total. The minimum absolute atomic E-state index is 0.177. The molecule has 0 radical (unpaired) electrons. The first-order chi connectivity index (χ1) is 12.0. The Balaban J connectivity index is 1.62. The van der Waals surface area contributed by atoms with Crippen LogP contribution in [0.1, 0.15) is 31.7 Å². The topological polar surface area (TPSA) is 53.0 Å². The lowest BCUT2D eigenvalue weighted by Crippen LogP contribution is -2.58. The largest absolute Gasteiger partial charge is 0.393 e. The average molecular weight is 342 g/mol. The number of nitrogens with zero attached hydrogens (tertiary/aromatic N) is 2. The van der Waals surface area contributed by atoms with Gasteiger partial charge in [0.2, 0.25) is 5.91 Å². The van der Waals surface area contributed by atoms with Crippen LogP contribution in [-0.2, 0) is 14.9 Å². The molecule has 1 spiro atoms. The monoisotopic (exact) mass is 342 g/mol. The summed E-state index contributed by atoms with van der Waals surface area (Å²) in [6.45, 7) is 3.26. The Morgan fingerprint density at radius 1 is 1.40 bits per heavy atom. The van der Waals surface area contributed by atoms with Crippen LogP contribution in [0.5, 0.6) is 0 Å². The molecule has 1 aromatic rings. The van der Waals surface area contributed by atoms with E-state index in [0.29, 0.717) is 24.6 Å². The number of ether oxygens (including phenoxy) is 1. The highest BCUT2D eigenvalue weighted by atomic mass is 16.5. The third-order valence-corrected chi connectivity index (χ3v) is 7.18. The normalized spacial score (nSPS) is 42.8. The summed E-state index contributed by atoms with van der Waals surface area (Å²) in [7, 11) is 1.91. The predicted molar refractivity (Wildman–Crippen MR) is 94.3 cm³/mol. The van der Waals surface area contributed by atoms with Crippen molar-refractivity contribution in [1.29, 1.82) is 0 Å². The molecule has 0 aromatic heterocycles. The van der Waals surface area contributed by atoms with Crippen LogP contribution >= 0.6 is 0 Å². The average Bonchev–Trinajstić information content (AvgIpc) is 2.96. The lowest BCUT2D eigenvalue weighted by molar-refractivity contribution is -0.138. The van der Waals surface area contributed by atoms with Gasteiger partial charge in [0.25, 0.3) is 0 Å². The molecule has 134 valence electrons. The lowest BCUT2D eigenvalue weighted by Gasteiger charge is -2.49. The first kappa shape index (κ1) is 15.8. The van der Waals surface area contributed by atoms with Gasteiger partial charge in [-0.15, -0.1) is 0 Å². The number of piperidine rings is 1. The summed E-state index contributed by atoms with van der Waals surface area (Å²) < 4.78 is 5.90. The van der Waals surface area contributed by atoms with Crippen LogP contribution in [0.25, 0.3) is 0 Å².